The number of ether oxygens (including phenoxy) is 1. The summed E-state index contributed by atoms with van der Waals surface area (Å²) in [5, 5.41) is 3.18. The third-order valence-electron chi connectivity index (χ3n) is 8.39. The van der Waals surface area contributed by atoms with Crippen LogP contribution in [0.15, 0.2) is 24.3 Å². The van der Waals surface area contributed by atoms with E-state index < -0.39 is 0 Å². The van der Waals surface area contributed by atoms with Gasteiger partial charge in [-0.05, 0) is 69.2 Å². The summed E-state index contributed by atoms with van der Waals surface area (Å²) in [6.07, 6.45) is 8.76. The molecule has 0 bridgehead atoms. The number of nitrogens with zero attached hydrogens (tertiary/aromatic N) is 3. The lowest BCUT2D eigenvalue weighted by molar-refractivity contribution is -0.120. The number of hydrogen-bond acceptors (Lipinski definition) is 4. The van der Waals surface area contributed by atoms with Gasteiger partial charge in [0.25, 0.3) is 0 Å². The standard InChI is InChI=1S/C29H46N4O3/c1-3-31(22-24-12-14-32(15-13-24)29(35)33-16-18-36-19-17-33)23(2)20-25-8-7-11-27(21-25)30-28(34)26-9-5-4-6-10-26/h7-8,11,21,23-24,26H,3-6,9-10,12-20,22H2,1-2H3,(H,30,34). The molecule has 1 unspecified atom stereocenters. The van der Waals surface area contributed by atoms with Crippen LogP contribution in [0, 0.1) is 11.8 Å². The number of nitrogens with one attached hydrogen (secondary N) is 1. The van der Waals surface area contributed by atoms with Crippen LogP contribution in [0.3, 0.4) is 0 Å². The average Bonchev–Trinajstić information content (AvgIpc) is 2.92. The third-order valence-corrected chi connectivity index (χ3v) is 8.39. The Labute approximate surface area is 217 Å². The van der Waals surface area contributed by atoms with Crippen LogP contribution in [0.1, 0.15) is 64.4 Å². The summed E-state index contributed by atoms with van der Waals surface area (Å²) >= 11 is 0. The van der Waals surface area contributed by atoms with E-state index in [9.17, 15) is 9.59 Å². The zero-order valence-corrected chi connectivity index (χ0v) is 22.4. The predicted molar refractivity (Wildman–Crippen MR) is 144 cm³/mol. The summed E-state index contributed by atoms with van der Waals surface area (Å²) in [5.41, 5.74) is 2.20. The van der Waals surface area contributed by atoms with E-state index in [1.165, 1.54) is 24.8 Å². The molecule has 3 amide bonds. The van der Waals surface area contributed by atoms with Gasteiger partial charge in [0.1, 0.15) is 0 Å². The molecule has 1 aromatic rings. The monoisotopic (exact) mass is 498 g/mol. The highest BCUT2D eigenvalue weighted by atomic mass is 16.5. The SMILES string of the molecule is CCN(CC1CCN(C(=O)N2CCOCC2)CC1)C(C)Cc1cccc(NC(=O)C2CCCCC2)c1. The zero-order valence-electron chi connectivity index (χ0n) is 22.4. The number of morpholine rings is 1. The Morgan fingerprint density at radius 1 is 1.03 bits per heavy atom. The van der Waals surface area contributed by atoms with Crippen molar-refractivity contribution in [1.29, 1.82) is 0 Å². The maximum atomic E-state index is 12.8. The summed E-state index contributed by atoms with van der Waals surface area (Å²) in [6, 6.07) is 9.02. The second kappa shape index (κ2) is 13.4. The Balaban J connectivity index is 1.24. The van der Waals surface area contributed by atoms with Crippen molar-refractivity contribution in [3.05, 3.63) is 29.8 Å². The molecule has 3 fully saturated rings. The molecule has 36 heavy (non-hydrogen) atoms. The van der Waals surface area contributed by atoms with Gasteiger partial charge in [-0.1, -0.05) is 38.3 Å². The molecule has 0 spiro atoms. The molecule has 1 aliphatic carbocycles. The molecule has 3 aliphatic rings. The van der Waals surface area contributed by atoms with Crippen LogP contribution in [0.5, 0.6) is 0 Å². The molecule has 1 atom stereocenters. The molecule has 4 rings (SSSR count). The van der Waals surface area contributed by atoms with Crippen LogP contribution < -0.4 is 5.32 Å². The molecule has 2 aliphatic heterocycles. The van der Waals surface area contributed by atoms with Gasteiger partial charge in [0.15, 0.2) is 0 Å². The van der Waals surface area contributed by atoms with Gasteiger partial charge in [0.05, 0.1) is 13.2 Å². The Morgan fingerprint density at radius 3 is 2.42 bits per heavy atom. The quantitative estimate of drug-likeness (QED) is 0.568. The van der Waals surface area contributed by atoms with Crippen molar-refractivity contribution in [2.45, 2.75) is 71.3 Å². The Kier molecular flexibility index (Phi) is 10.0. The van der Waals surface area contributed by atoms with Crippen molar-refractivity contribution in [2.24, 2.45) is 11.8 Å². The van der Waals surface area contributed by atoms with Gasteiger partial charge in [-0.25, -0.2) is 4.79 Å². The average molecular weight is 499 g/mol. The second-order valence-electron chi connectivity index (χ2n) is 11.0. The number of carbonyl (C=O) groups is 2. The Bertz CT molecular complexity index is 843. The van der Waals surface area contributed by atoms with E-state index in [-0.39, 0.29) is 17.9 Å². The summed E-state index contributed by atoms with van der Waals surface area (Å²) in [4.78, 5) is 32.0. The van der Waals surface area contributed by atoms with Crippen molar-refractivity contribution in [3.8, 4) is 0 Å². The van der Waals surface area contributed by atoms with E-state index >= 15 is 0 Å². The van der Waals surface area contributed by atoms with Crippen LogP contribution in [0.4, 0.5) is 10.5 Å². The van der Waals surface area contributed by atoms with Gasteiger partial charge >= 0.3 is 6.03 Å². The molecule has 0 radical (unpaired) electrons. The molecule has 7 heteroatoms. The minimum Gasteiger partial charge on any atom is -0.378 e. The first-order valence-electron chi connectivity index (χ1n) is 14.3. The molecular formula is C29H46N4O3. The fourth-order valence-corrected chi connectivity index (χ4v) is 6.07. The minimum atomic E-state index is 0.174. The van der Waals surface area contributed by atoms with E-state index in [4.69, 9.17) is 4.74 Å². The summed E-state index contributed by atoms with van der Waals surface area (Å²) in [6.45, 7) is 11.1. The van der Waals surface area contributed by atoms with E-state index in [0.29, 0.717) is 38.3 Å². The lowest BCUT2D eigenvalue weighted by Gasteiger charge is -2.39. The van der Waals surface area contributed by atoms with Crippen LogP contribution in [0.25, 0.3) is 0 Å². The number of piperidine rings is 1. The van der Waals surface area contributed by atoms with Gasteiger partial charge < -0.3 is 24.8 Å². The van der Waals surface area contributed by atoms with Gasteiger partial charge in [-0.2, -0.15) is 0 Å². The molecule has 200 valence electrons. The van der Waals surface area contributed by atoms with E-state index in [2.05, 4.69) is 42.3 Å². The first-order valence-corrected chi connectivity index (χ1v) is 14.3. The van der Waals surface area contributed by atoms with Crippen molar-refractivity contribution in [2.75, 3.05) is 57.8 Å². The van der Waals surface area contributed by atoms with Crippen LogP contribution in [-0.4, -0.2) is 85.2 Å². The number of carbonyl (C=O) groups excluding carboxylic acids is 2. The minimum absolute atomic E-state index is 0.174. The second-order valence-corrected chi connectivity index (χ2v) is 11.0. The van der Waals surface area contributed by atoms with Crippen molar-refractivity contribution in [3.63, 3.8) is 0 Å². The molecule has 7 nitrogen and oxygen atoms in total. The zero-order chi connectivity index (χ0) is 25.3. The lowest BCUT2D eigenvalue weighted by atomic mass is 9.88. The maximum Gasteiger partial charge on any atom is 0.320 e. The van der Waals surface area contributed by atoms with Gasteiger partial charge in [-0.3, -0.25) is 4.79 Å². The molecule has 2 saturated heterocycles. The first-order chi connectivity index (χ1) is 17.5. The number of anilines is 1. The number of benzene rings is 1. The van der Waals surface area contributed by atoms with E-state index in [1.807, 2.05) is 15.9 Å². The summed E-state index contributed by atoms with van der Waals surface area (Å²) in [5.74, 6) is 0.989. The molecular weight excluding hydrogens is 452 g/mol. The molecule has 1 aromatic carbocycles. The summed E-state index contributed by atoms with van der Waals surface area (Å²) < 4.78 is 5.39. The highest BCUT2D eigenvalue weighted by Gasteiger charge is 2.29. The Morgan fingerprint density at radius 2 is 1.72 bits per heavy atom. The molecule has 1 N–H and O–H groups in total. The maximum absolute atomic E-state index is 12.8. The summed E-state index contributed by atoms with van der Waals surface area (Å²) in [7, 11) is 0. The fourth-order valence-electron chi connectivity index (χ4n) is 6.07. The highest BCUT2D eigenvalue weighted by molar-refractivity contribution is 5.92. The van der Waals surface area contributed by atoms with E-state index in [1.54, 1.807) is 0 Å². The number of likely N-dealkylation sites (tertiary alicyclic amines) is 1. The van der Waals surface area contributed by atoms with Gasteiger partial charge in [-0.15, -0.1) is 0 Å². The fraction of sp³-hybridized carbons (Fsp3) is 0.724. The normalized spacial score (nSPS) is 21.0. The molecule has 2 heterocycles. The molecule has 0 aromatic heterocycles. The number of hydrogen-bond donors (Lipinski definition) is 1. The largest absolute Gasteiger partial charge is 0.378 e. The van der Waals surface area contributed by atoms with Gasteiger partial charge in [0.2, 0.25) is 5.91 Å². The first kappa shape index (κ1) is 26.9. The van der Waals surface area contributed by atoms with E-state index in [0.717, 1.165) is 64.0 Å². The van der Waals surface area contributed by atoms with Crippen LogP contribution >= 0.6 is 0 Å². The van der Waals surface area contributed by atoms with Crippen molar-refractivity contribution in [1.82, 2.24) is 14.7 Å². The van der Waals surface area contributed by atoms with Crippen LogP contribution in [0.2, 0.25) is 0 Å². The number of amides is 3. The number of urea groups is 1. The smallest absolute Gasteiger partial charge is 0.320 e. The van der Waals surface area contributed by atoms with Crippen molar-refractivity contribution < 1.29 is 14.3 Å². The third kappa shape index (κ3) is 7.45. The topological polar surface area (TPSA) is 65.1 Å². The number of rotatable bonds is 8. The number of likely N-dealkylation sites (N-methyl/N-ethyl adjacent to an activating group) is 1. The predicted octanol–water partition coefficient (Wildman–Crippen LogP) is 4.62. The van der Waals surface area contributed by atoms with Crippen molar-refractivity contribution >= 4 is 17.6 Å². The highest BCUT2D eigenvalue weighted by Crippen LogP contribution is 2.26. The molecule has 1 saturated carbocycles. The van der Waals surface area contributed by atoms with Gasteiger partial charge in [0, 0.05) is 50.4 Å². The lowest BCUT2D eigenvalue weighted by Crippen LogP contribution is -2.51. The Hall–Kier alpha value is -2.12. The van der Waals surface area contributed by atoms with Crippen LogP contribution in [-0.2, 0) is 16.0 Å².